The first-order valence-corrected chi connectivity index (χ1v) is 6.43. The zero-order chi connectivity index (χ0) is 12.0. The molecule has 0 aromatic heterocycles. The molecule has 1 aliphatic carbocycles. The summed E-state index contributed by atoms with van der Waals surface area (Å²) in [6.45, 7) is 4.18. The number of carbonyl (C=O) groups excluding carboxylic acids is 1. The lowest BCUT2D eigenvalue weighted by Gasteiger charge is -2.28. The predicted octanol–water partition coefficient (Wildman–Crippen LogP) is 2.87. The van der Waals surface area contributed by atoms with Gasteiger partial charge in [0.05, 0.1) is 0 Å². The van der Waals surface area contributed by atoms with Crippen LogP contribution in [0, 0.1) is 17.8 Å². The van der Waals surface area contributed by atoms with Gasteiger partial charge in [-0.15, -0.1) is 12.3 Å². The van der Waals surface area contributed by atoms with Crippen molar-refractivity contribution >= 4 is 5.91 Å². The van der Waals surface area contributed by atoms with Crippen LogP contribution in [0.15, 0.2) is 0 Å². The highest BCUT2D eigenvalue weighted by molar-refractivity contribution is 5.83. The first kappa shape index (κ1) is 13.1. The van der Waals surface area contributed by atoms with Crippen LogP contribution in [0.4, 0.5) is 0 Å². The van der Waals surface area contributed by atoms with Crippen molar-refractivity contribution in [2.45, 2.75) is 64.8 Å². The topological polar surface area (TPSA) is 29.1 Å². The second-order valence-electron chi connectivity index (χ2n) is 4.83. The second-order valence-corrected chi connectivity index (χ2v) is 4.83. The van der Waals surface area contributed by atoms with Crippen LogP contribution in [0.2, 0.25) is 0 Å². The van der Waals surface area contributed by atoms with Crippen molar-refractivity contribution in [3.63, 3.8) is 0 Å². The van der Waals surface area contributed by atoms with E-state index in [2.05, 4.69) is 25.1 Å². The van der Waals surface area contributed by atoms with Crippen molar-refractivity contribution in [3.05, 3.63) is 0 Å². The average molecular weight is 221 g/mol. The summed E-state index contributed by atoms with van der Waals surface area (Å²) in [5.74, 6) is 2.86. The summed E-state index contributed by atoms with van der Waals surface area (Å²) in [5.41, 5.74) is -0.0952. The molecule has 1 rings (SSSR count). The third-order valence-corrected chi connectivity index (χ3v) is 3.91. The Balaban J connectivity index is 2.59. The lowest BCUT2D eigenvalue weighted by molar-refractivity contribution is -0.131. The van der Waals surface area contributed by atoms with Crippen molar-refractivity contribution in [3.8, 4) is 12.3 Å². The largest absolute Gasteiger partial charge is 0.352 e. The maximum Gasteiger partial charge on any atom is 0.226 e. The smallest absolute Gasteiger partial charge is 0.226 e. The van der Waals surface area contributed by atoms with E-state index in [1.54, 1.807) is 0 Å². The molecule has 0 saturated heterocycles. The molecular formula is C14H23NO. The fourth-order valence-corrected chi connectivity index (χ4v) is 2.57. The van der Waals surface area contributed by atoms with E-state index in [-0.39, 0.29) is 17.4 Å². The van der Waals surface area contributed by atoms with Gasteiger partial charge in [-0.1, -0.05) is 26.7 Å². The highest BCUT2D eigenvalue weighted by atomic mass is 16.2. The number of amides is 1. The first-order valence-electron chi connectivity index (χ1n) is 6.43. The minimum atomic E-state index is -0.0952. The minimum Gasteiger partial charge on any atom is -0.352 e. The summed E-state index contributed by atoms with van der Waals surface area (Å²) in [5, 5.41) is 3.12. The highest BCUT2D eigenvalue weighted by Gasteiger charge is 2.39. The lowest BCUT2D eigenvalue weighted by atomic mass is 9.82. The van der Waals surface area contributed by atoms with Gasteiger partial charge in [0.2, 0.25) is 5.91 Å². The van der Waals surface area contributed by atoms with Crippen LogP contribution in [0.25, 0.3) is 0 Å². The molecule has 2 nitrogen and oxygen atoms in total. The molecule has 2 heteroatoms. The van der Waals surface area contributed by atoms with Gasteiger partial charge in [-0.25, -0.2) is 0 Å². The summed E-state index contributed by atoms with van der Waals surface area (Å²) >= 11 is 0. The number of carbonyl (C=O) groups is 1. The molecule has 1 aliphatic rings. The maximum absolute atomic E-state index is 12.3. The van der Waals surface area contributed by atoms with Gasteiger partial charge in [0, 0.05) is 17.9 Å². The van der Waals surface area contributed by atoms with Gasteiger partial charge >= 0.3 is 0 Å². The van der Waals surface area contributed by atoms with Gasteiger partial charge < -0.3 is 5.32 Å². The van der Waals surface area contributed by atoms with Gasteiger partial charge in [-0.2, -0.15) is 0 Å². The Morgan fingerprint density at radius 2 is 2.06 bits per heavy atom. The SMILES string of the molecule is C#CCC(CC)NC(=O)C1(CC)CCCC1. The molecular weight excluding hydrogens is 198 g/mol. The van der Waals surface area contributed by atoms with Crippen molar-refractivity contribution in [1.29, 1.82) is 0 Å². The van der Waals surface area contributed by atoms with Crippen molar-refractivity contribution in [2.24, 2.45) is 5.41 Å². The summed E-state index contributed by atoms with van der Waals surface area (Å²) in [6.07, 6.45) is 12.3. The summed E-state index contributed by atoms with van der Waals surface area (Å²) in [7, 11) is 0. The molecule has 0 bridgehead atoms. The lowest BCUT2D eigenvalue weighted by Crippen LogP contribution is -2.43. The van der Waals surface area contributed by atoms with E-state index in [1.807, 2.05) is 0 Å². The fourth-order valence-electron chi connectivity index (χ4n) is 2.57. The summed E-state index contributed by atoms with van der Waals surface area (Å²) in [6, 6.07) is 0.154. The van der Waals surface area contributed by atoms with E-state index in [0.717, 1.165) is 25.7 Å². The van der Waals surface area contributed by atoms with E-state index < -0.39 is 0 Å². The Hall–Kier alpha value is -0.970. The zero-order valence-corrected chi connectivity index (χ0v) is 10.5. The third-order valence-electron chi connectivity index (χ3n) is 3.91. The van der Waals surface area contributed by atoms with Crippen LogP contribution < -0.4 is 5.32 Å². The molecule has 1 atom stereocenters. The van der Waals surface area contributed by atoms with Crippen LogP contribution in [-0.4, -0.2) is 11.9 Å². The molecule has 0 radical (unpaired) electrons. The molecule has 0 heterocycles. The van der Waals surface area contributed by atoms with Crippen LogP contribution in [0.1, 0.15) is 58.8 Å². The molecule has 16 heavy (non-hydrogen) atoms. The molecule has 1 fully saturated rings. The van der Waals surface area contributed by atoms with Gasteiger partial charge in [-0.05, 0) is 25.7 Å². The molecule has 0 aliphatic heterocycles. The average Bonchev–Trinajstić information content (AvgIpc) is 2.78. The zero-order valence-electron chi connectivity index (χ0n) is 10.5. The number of hydrogen-bond donors (Lipinski definition) is 1. The maximum atomic E-state index is 12.3. The van der Waals surface area contributed by atoms with E-state index >= 15 is 0 Å². The molecule has 90 valence electrons. The van der Waals surface area contributed by atoms with E-state index in [9.17, 15) is 4.79 Å². The molecule has 1 saturated carbocycles. The predicted molar refractivity (Wildman–Crippen MR) is 66.9 cm³/mol. The van der Waals surface area contributed by atoms with Crippen LogP contribution in [0.3, 0.4) is 0 Å². The standard InChI is InChI=1S/C14H23NO/c1-4-9-12(5-2)15-13(16)14(6-3)10-7-8-11-14/h1,12H,5-11H2,2-3H3,(H,15,16). The van der Waals surface area contributed by atoms with Crippen LogP contribution >= 0.6 is 0 Å². The van der Waals surface area contributed by atoms with Crippen molar-refractivity contribution < 1.29 is 4.79 Å². The molecule has 1 N–H and O–H groups in total. The Labute approximate surface area is 99.2 Å². The quantitative estimate of drug-likeness (QED) is 0.711. The van der Waals surface area contributed by atoms with E-state index in [1.165, 1.54) is 12.8 Å². The van der Waals surface area contributed by atoms with Crippen molar-refractivity contribution in [2.75, 3.05) is 0 Å². The van der Waals surface area contributed by atoms with Gasteiger partial charge in [0.1, 0.15) is 0 Å². The number of terminal acetylenes is 1. The normalized spacial score (nSPS) is 20.1. The molecule has 0 aromatic carbocycles. The number of nitrogens with one attached hydrogen (secondary N) is 1. The molecule has 1 amide bonds. The molecule has 0 spiro atoms. The Kier molecular flexibility index (Phi) is 4.86. The summed E-state index contributed by atoms with van der Waals surface area (Å²) < 4.78 is 0. The van der Waals surface area contributed by atoms with Gasteiger partial charge in [0.15, 0.2) is 0 Å². The Morgan fingerprint density at radius 3 is 2.50 bits per heavy atom. The number of hydrogen-bond acceptors (Lipinski definition) is 1. The van der Waals surface area contributed by atoms with Gasteiger partial charge in [0.25, 0.3) is 0 Å². The Bertz CT molecular complexity index is 271. The summed E-state index contributed by atoms with van der Waals surface area (Å²) in [4.78, 5) is 12.3. The molecule has 1 unspecified atom stereocenters. The first-order chi connectivity index (χ1) is 7.68. The van der Waals surface area contributed by atoms with Crippen molar-refractivity contribution in [1.82, 2.24) is 5.32 Å². The number of rotatable bonds is 5. The fraction of sp³-hybridized carbons (Fsp3) is 0.786. The van der Waals surface area contributed by atoms with Crippen LogP contribution in [-0.2, 0) is 4.79 Å². The minimum absolute atomic E-state index is 0.0952. The second kappa shape index (κ2) is 5.94. The Morgan fingerprint density at radius 1 is 1.44 bits per heavy atom. The monoisotopic (exact) mass is 221 g/mol. The van der Waals surface area contributed by atoms with E-state index in [0.29, 0.717) is 6.42 Å². The molecule has 0 aromatic rings. The van der Waals surface area contributed by atoms with Crippen LogP contribution in [0.5, 0.6) is 0 Å². The third kappa shape index (κ3) is 2.78. The van der Waals surface area contributed by atoms with Gasteiger partial charge in [-0.3, -0.25) is 4.79 Å². The highest BCUT2D eigenvalue weighted by Crippen LogP contribution is 2.41. The van der Waals surface area contributed by atoms with E-state index in [4.69, 9.17) is 6.42 Å².